The summed E-state index contributed by atoms with van der Waals surface area (Å²) in [5.41, 5.74) is -0.638. The number of hydrogen-bond donors (Lipinski definition) is 1. The first-order valence-corrected chi connectivity index (χ1v) is 7.57. The fraction of sp³-hybridized carbons (Fsp3) is 0.867. The molecule has 2 aliphatic rings. The highest BCUT2D eigenvalue weighted by Crippen LogP contribution is 2.40. The van der Waals surface area contributed by atoms with Crippen molar-refractivity contribution in [3.8, 4) is 0 Å². The summed E-state index contributed by atoms with van der Waals surface area (Å²) in [6.07, 6.45) is 3.54. The molecule has 0 aromatic rings. The Kier molecular flexibility index (Phi) is 4.37. The highest BCUT2D eigenvalue weighted by molar-refractivity contribution is 6.00. The van der Waals surface area contributed by atoms with Crippen molar-refractivity contribution >= 4 is 11.8 Å². The molecular formula is C15H26N2O3. The number of amides is 2. The zero-order valence-corrected chi connectivity index (χ0v) is 12.9. The van der Waals surface area contributed by atoms with Crippen LogP contribution in [0.1, 0.15) is 46.5 Å². The lowest BCUT2D eigenvalue weighted by molar-refractivity contribution is -0.163. The van der Waals surface area contributed by atoms with E-state index in [0.29, 0.717) is 6.61 Å². The molecule has 1 N–H and O–H groups in total. The summed E-state index contributed by atoms with van der Waals surface area (Å²) in [6.45, 7) is 6.37. The minimum absolute atomic E-state index is 0.0243. The summed E-state index contributed by atoms with van der Waals surface area (Å²) in [6, 6.07) is -0.481. The van der Waals surface area contributed by atoms with Crippen LogP contribution in [-0.2, 0) is 14.3 Å². The molecule has 1 heterocycles. The molecule has 1 spiro atoms. The summed E-state index contributed by atoms with van der Waals surface area (Å²) in [4.78, 5) is 27.3. The number of rotatable bonds is 4. The van der Waals surface area contributed by atoms with Crippen molar-refractivity contribution in [3.05, 3.63) is 0 Å². The predicted molar refractivity (Wildman–Crippen MR) is 76.2 cm³/mol. The molecule has 1 aliphatic carbocycles. The van der Waals surface area contributed by atoms with E-state index in [9.17, 15) is 9.59 Å². The molecule has 2 amide bonds. The van der Waals surface area contributed by atoms with Crippen LogP contribution in [0.5, 0.6) is 0 Å². The maximum Gasteiger partial charge on any atom is 0.246 e. The molecule has 1 saturated heterocycles. The fourth-order valence-electron chi connectivity index (χ4n) is 3.64. The van der Waals surface area contributed by atoms with Gasteiger partial charge in [-0.25, -0.2) is 0 Å². The number of methoxy groups -OCH3 is 1. The van der Waals surface area contributed by atoms with Gasteiger partial charge >= 0.3 is 0 Å². The van der Waals surface area contributed by atoms with Crippen LogP contribution in [0.25, 0.3) is 0 Å². The average Bonchev–Trinajstić information content (AvgIpc) is 2.84. The Morgan fingerprint density at radius 2 is 1.90 bits per heavy atom. The van der Waals surface area contributed by atoms with Gasteiger partial charge in [-0.1, -0.05) is 26.7 Å². The van der Waals surface area contributed by atoms with E-state index in [-0.39, 0.29) is 23.8 Å². The molecule has 0 aromatic heterocycles. The first kappa shape index (κ1) is 15.3. The predicted octanol–water partition coefficient (Wildman–Crippen LogP) is 1.32. The van der Waals surface area contributed by atoms with E-state index in [0.717, 1.165) is 25.7 Å². The van der Waals surface area contributed by atoms with Gasteiger partial charge in [0.05, 0.1) is 12.6 Å². The SMILES string of the molecule is COCC(C)N1C(=O)C(C(C)C)NC(=O)C12CCCC2. The lowest BCUT2D eigenvalue weighted by Gasteiger charge is -2.49. The van der Waals surface area contributed by atoms with E-state index in [2.05, 4.69) is 5.32 Å². The topological polar surface area (TPSA) is 58.6 Å². The van der Waals surface area contributed by atoms with Crippen molar-refractivity contribution in [1.82, 2.24) is 10.2 Å². The Morgan fingerprint density at radius 3 is 2.40 bits per heavy atom. The van der Waals surface area contributed by atoms with E-state index in [1.54, 1.807) is 7.11 Å². The van der Waals surface area contributed by atoms with Crippen molar-refractivity contribution in [1.29, 1.82) is 0 Å². The zero-order chi connectivity index (χ0) is 14.9. The van der Waals surface area contributed by atoms with Crippen molar-refractivity contribution in [2.45, 2.75) is 64.1 Å². The van der Waals surface area contributed by atoms with E-state index in [1.165, 1.54) is 0 Å². The van der Waals surface area contributed by atoms with Crippen molar-refractivity contribution in [3.63, 3.8) is 0 Å². The van der Waals surface area contributed by atoms with Gasteiger partial charge in [0.25, 0.3) is 0 Å². The molecule has 2 rings (SSSR count). The maximum atomic E-state index is 12.8. The molecule has 2 fully saturated rings. The molecule has 0 bridgehead atoms. The second-order valence-electron chi connectivity index (χ2n) is 6.45. The van der Waals surface area contributed by atoms with Gasteiger partial charge in [-0.15, -0.1) is 0 Å². The van der Waals surface area contributed by atoms with Crippen LogP contribution in [0, 0.1) is 5.92 Å². The van der Waals surface area contributed by atoms with Gasteiger partial charge in [0, 0.05) is 7.11 Å². The Bertz CT molecular complexity index is 389. The Hall–Kier alpha value is -1.10. The number of ether oxygens (including phenoxy) is 1. The third-order valence-electron chi connectivity index (χ3n) is 4.62. The van der Waals surface area contributed by atoms with Crippen molar-refractivity contribution in [2.75, 3.05) is 13.7 Å². The van der Waals surface area contributed by atoms with Gasteiger partial charge in [0.2, 0.25) is 11.8 Å². The van der Waals surface area contributed by atoms with E-state index < -0.39 is 11.6 Å². The van der Waals surface area contributed by atoms with Crippen molar-refractivity contribution < 1.29 is 14.3 Å². The number of piperazine rings is 1. The average molecular weight is 282 g/mol. The maximum absolute atomic E-state index is 12.8. The number of nitrogens with one attached hydrogen (secondary N) is 1. The van der Waals surface area contributed by atoms with Gasteiger partial charge in [-0.2, -0.15) is 0 Å². The van der Waals surface area contributed by atoms with E-state index >= 15 is 0 Å². The van der Waals surface area contributed by atoms with Crippen LogP contribution in [0.3, 0.4) is 0 Å². The third kappa shape index (κ3) is 2.32. The lowest BCUT2D eigenvalue weighted by atomic mass is 9.85. The molecule has 2 atom stereocenters. The summed E-state index contributed by atoms with van der Waals surface area (Å²) >= 11 is 0. The zero-order valence-electron chi connectivity index (χ0n) is 12.9. The Morgan fingerprint density at radius 1 is 1.30 bits per heavy atom. The number of nitrogens with zero attached hydrogens (tertiary/aromatic N) is 1. The molecular weight excluding hydrogens is 256 g/mol. The third-order valence-corrected chi connectivity index (χ3v) is 4.62. The fourth-order valence-corrected chi connectivity index (χ4v) is 3.64. The first-order chi connectivity index (χ1) is 9.44. The quantitative estimate of drug-likeness (QED) is 0.846. The minimum Gasteiger partial charge on any atom is -0.383 e. The summed E-state index contributed by atoms with van der Waals surface area (Å²) in [7, 11) is 1.63. The highest BCUT2D eigenvalue weighted by atomic mass is 16.5. The number of carbonyl (C=O) groups is 2. The molecule has 1 saturated carbocycles. The lowest BCUT2D eigenvalue weighted by Crippen LogP contribution is -2.72. The van der Waals surface area contributed by atoms with Gasteiger partial charge in [0.1, 0.15) is 11.6 Å². The highest BCUT2D eigenvalue weighted by Gasteiger charge is 2.55. The van der Waals surface area contributed by atoms with E-state index in [1.807, 2.05) is 25.7 Å². The van der Waals surface area contributed by atoms with Crippen LogP contribution in [0.15, 0.2) is 0 Å². The van der Waals surface area contributed by atoms with Gasteiger partial charge in [-0.05, 0) is 25.7 Å². The van der Waals surface area contributed by atoms with Crippen LogP contribution in [0.4, 0.5) is 0 Å². The second kappa shape index (κ2) is 5.72. The van der Waals surface area contributed by atoms with Crippen LogP contribution in [0.2, 0.25) is 0 Å². The smallest absolute Gasteiger partial charge is 0.246 e. The number of hydrogen-bond acceptors (Lipinski definition) is 3. The Labute approximate surface area is 121 Å². The molecule has 5 nitrogen and oxygen atoms in total. The molecule has 114 valence electrons. The summed E-state index contributed by atoms with van der Waals surface area (Å²) in [5, 5.41) is 2.95. The van der Waals surface area contributed by atoms with Crippen molar-refractivity contribution in [2.24, 2.45) is 5.92 Å². The first-order valence-electron chi connectivity index (χ1n) is 7.57. The molecule has 0 aromatic carbocycles. The molecule has 20 heavy (non-hydrogen) atoms. The standard InChI is InChI=1S/C15H26N2O3/c1-10(2)12-13(18)17(11(3)9-20-4)15(14(19)16-12)7-5-6-8-15/h10-12H,5-9H2,1-4H3,(H,16,19). The second-order valence-corrected chi connectivity index (χ2v) is 6.45. The van der Waals surface area contributed by atoms with Crippen LogP contribution in [-0.4, -0.2) is 48.1 Å². The molecule has 5 heteroatoms. The molecule has 0 radical (unpaired) electrons. The van der Waals surface area contributed by atoms with Crippen LogP contribution < -0.4 is 5.32 Å². The minimum atomic E-state index is -0.638. The monoisotopic (exact) mass is 282 g/mol. The largest absolute Gasteiger partial charge is 0.383 e. The molecule has 2 unspecified atom stereocenters. The number of carbonyl (C=O) groups excluding carboxylic acids is 2. The summed E-state index contributed by atoms with van der Waals surface area (Å²) < 4.78 is 5.21. The molecule has 1 aliphatic heterocycles. The van der Waals surface area contributed by atoms with E-state index in [4.69, 9.17) is 4.74 Å². The normalized spacial score (nSPS) is 27.2. The van der Waals surface area contributed by atoms with Crippen LogP contribution >= 0.6 is 0 Å². The van der Waals surface area contributed by atoms with Gasteiger partial charge < -0.3 is 15.0 Å². The van der Waals surface area contributed by atoms with Gasteiger partial charge in [0.15, 0.2) is 0 Å². The summed E-state index contributed by atoms with van der Waals surface area (Å²) in [5.74, 6) is 0.171. The van der Waals surface area contributed by atoms with Gasteiger partial charge in [-0.3, -0.25) is 9.59 Å². The Balaban J connectivity index is 2.36.